The molecule has 0 saturated heterocycles. The van der Waals surface area contributed by atoms with Gasteiger partial charge in [0.25, 0.3) is 0 Å². The molecule has 0 atom stereocenters. The van der Waals surface area contributed by atoms with Gasteiger partial charge in [-0.3, -0.25) is 0 Å². The first-order valence-electron chi connectivity index (χ1n) is 32.8. The van der Waals surface area contributed by atoms with Gasteiger partial charge in [-0.25, -0.2) is 0 Å². The molecule has 0 fully saturated rings. The van der Waals surface area contributed by atoms with Crippen LogP contribution in [0.25, 0.3) is 169 Å². The summed E-state index contributed by atoms with van der Waals surface area (Å²) in [5.41, 5.74) is 26.3. The van der Waals surface area contributed by atoms with Crippen LogP contribution in [-0.2, 0) is 13.1 Å². The van der Waals surface area contributed by atoms with E-state index in [4.69, 9.17) is 0 Å². The van der Waals surface area contributed by atoms with Crippen molar-refractivity contribution in [3.8, 4) is 33.6 Å². The summed E-state index contributed by atoms with van der Waals surface area (Å²) in [6.45, 7) is 6.30. The number of aryl methyl sites for hydroxylation is 2. The molecule has 0 N–H and O–H groups in total. The van der Waals surface area contributed by atoms with Crippen molar-refractivity contribution in [3.63, 3.8) is 0 Å². The lowest BCUT2D eigenvalue weighted by Gasteiger charge is -2.10. The predicted octanol–water partition coefficient (Wildman–Crippen LogP) is 24.2. The van der Waals surface area contributed by atoms with Gasteiger partial charge in [-0.2, -0.15) is 0 Å². The molecule has 94 heavy (non-hydrogen) atoms. The summed E-state index contributed by atoms with van der Waals surface area (Å²) in [4.78, 5) is 0. The van der Waals surface area contributed by atoms with E-state index >= 15 is 0 Å². The van der Waals surface area contributed by atoms with Crippen molar-refractivity contribution >= 4 is 136 Å². The molecule has 13 aromatic carbocycles. The van der Waals surface area contributed by atoms with Crippen molar-refractivity contribution in [2.24, 2.45) is 0 Å². The minimum absolute atomic E-state index is 0.888. The van der Waals surface area contributed by atoms with Crippen LogP contribution in [0.15, 0.2) is 291 Å². The monoisotopic (exact) mass is 1200 g/mol. The van der Waals surface area contributed by atoms with Gasteiger partial charge in [-0.05, 0) is 172 Å². The molecule has 4 heterocycles. The van der Waals surface area contributed by atoms with Gasteiger partial charge in [0.05, 0.1) is 22.1 Å². The Balaban J connectivity index is 0.581. The molecule has 0 spiro atoms. The summed E-state index contributed by atoms with van der Waals surface area (Å²) in [6, 6.07) is 107. The fraction of sp³-hybridized carbons (Fsp3) is 0.0444. The highest BCUT2D eigenvalue weighted by molar-refractivity contribution is 6.13. The minimum atomic E-state index is 0.888. The molecule has 17 aromatic rings. The zero-order valence-corrected chi connectivity index (χ0v) is 52.5. The quantitative estimate of drug-likeness (QED) is 0.0967. The Labute approximate surface area is 547 Å². The molecule has 0 bridgehead atoms. The van der Waals surface area contributed by atoms with E-state index in [9.17, 15) is 0 Å². The number of hydrogen-bond donors (Lipinski definition) is 0. The zero-order chi connectivity index (χ0) is 62.6. The fourth-order valence-electron chi connectivity index (χ4n) is 14.4. The summed E-state index contributed by atoms with van der Waals surface area (Å²) in [7, 11) is 0. The van der Waals surface area contributed by atoms with E-state index in [0.29, 0.717) is 0 Å². The van der Waals surface area contributed by atoms with Crippen LogP contribution >= 0.6 is 0 Å². The van der Waals surface area contributed by atoms with Crippen LogP contribution in [0.4, 0.5) is 0 Å². The molecule has 0 radical (unpaired) electrons. The Morgan fingerprint density at radius 1 is 0.202 bits per heavy atom. The topological polar surface area (TPSA) is 19.7 Å². The molecule has 0 aliphatic carbocycles. The van der Waals surface area contributed by atoms with E-state index < -0.39 is 0 Å². The van der Waals surface area contributed by atoms with Crippen LogP contribution in [0.3, 0.4) is 0 Å². The lowest BCUT2D eigenvalue weighted by atomic mass is 10.0. The maximum Gasteiger partial charge on any atom is 0.0547 e. The largest absolute Gasteiger partial charge is 0.341 e. The normalized spacial score (nSPS) is 12.3. The molecule has 17 rings (SSSR count). The molecule has 446 valence electrons. The molecule has 4 aromatic heterocycles. The molecule has 0 unspecified atom stereocenters. The van der Waals surface area contributed by atoms with Crippen LogP contribution in [0.2, 0.25) is 0 Å². The zero-order valence-electron chi connectivity index (χ0n) is 52.5. The fourth-order valence-corrected chi connectivity index (χ4v) is 14.4. The first-order chi connectivity index (χ1) is 46.5. The highest BCUT2D eigenvalue weighted by atomic mass is 15.0. The van der Waals surface area contributed by atoms with Gasteiger partial charge < -0.3 is 18.3 Å². The highest BCUT2D eigenvalue weighted by Gasteiger charge is 2.17. The summed E-state index contributed by atoms with van der Waals surface area (Å²) in [5, 5.41) is 10.2. The van der Waals surface area contributed by atoms with Crippen LogP contribution in [0, 0.1) is 0 Å². The van der Waals surface area contributed by atoms with E-state index in [0.717, 1.165) is 46.7 Å². The average Bonchev–Trinajstić information content (AvgIpc) is 1.61. The van der Waals surface area contributed by atoms with Gasteiger partial charge in [0, 0.05) is 89.6 Å². The highest BCUT2D eigenvalue weighted by Crippen LogP contribution is 2.39. The number of rotatable bonds is 14. The Hall–Kier alpha value is -12.0. The second-order valence-corrected chi connectivity index (χ2v) is 24.7. The molecular formula is C90H66N4. The molecule has 0 aliphatic heterocycles. The predicted molar refractivity (Wildman–Crippen MR) is 405 cm³/mol. The van der Waals surface area contributed by atoms with Gasteiger partial charge in [-0.15, -0.1) is 0 Å². The Kier molecular flexibility index (Phi) is 14.1. The number of hydrogen-bond acceptors (Lipinski definition) is 0. The van der Waals surface area contributed by atoms with Crippen molar-refractivity contribution in [3.05, 3.63) is 336 Å². The van der Waals surface area contributed by atoms with E-state index in [2.05, 4.69) is 372 Å². The smallest absolute Gasteiger partial charge is 0.0547 e. The summed E-state index contributed by atoms with van der Waals surface area (Å²) in [6.07, 6.45) is 17.7. The first kappa shape index (κ1) is 56.0. The van der Waals surface area contributed by atoms with Crippen molar-refractivity contribution in [2.45, 2.75) is 26.9 Å². The number of para-hydroxylation sites is 4. The molecule has 0 saturated carbocycles. The van der Waals surface area contributed by atoms with Gasteiger partial charge in [0.1, 0.15) is 0 Å². The van der Waals surface area contributed by atoms with Crippen LogP contribution in [0.1, 0.15) is 58.4 Å². The van der Waals surface area contributed by atoms with Gasteiger partial charge >= 0.3 is 0 Å². The van der Waals surface area contributed by atoms with Crippen molar-refractivity contribution < 1.29 is 0 Å². The summed E-state index contributed by atoms with van der Waals surface area (Å²) >= 11 is 0. The van der Waals surface area contributed by atoms with E-state index in [1.54, 1.807) is 0 Å². The maximum atomic E-state index is 2.44. The third kappa shape index (κ3) is 10.1. The van der Waals surface area contributed by atoms with Crippen molar-refractivity contribution in [1.29, 1.82) is 0 Å². The van der Waals surface area contributed by atoms with E-state index in [-0.39, 0.29) is 0 Å². The van der Waals surface area contributed by atoms with Gasteiger partial charge in [0.2, 0.25) is 0 Å². The van der Waals surface area contributed by atoms with E-state index in [1.165, 1.54) is 132 Å². The van der Waals surface area contributed by atoms with Crippen LogP contribution in [0.5, 0.6) is 0 Å². The Morgan fingerprint density at radius 3 is 0.894 bits per heavy atom. The number of benzene rings is 13. The van der Waals surface area contributed by atoms with Crippen LogP contribution in [-0.4, -0.2) is 18.3 Å². The second kappa shape index (κ2) is 23.7. The third-order valence-corrected chi connectivity index (χ3v) is 19.2. The van der Waals surface area contributed by atoms with Crippen LogP contribution < -0.4 is 0 Å². The molecule has 0 aliphatic rings. The second-order valence-electron chi connectivity index (χ2n) is 24.7. The summed E-state index contributed by atoms with van der Waals surface area (Å²) in [5.74, 6) is 0. The van der Waals surface area contributed by atoms with Crippen molar-refractivity contribution in [2.75, 3.05) is 0 Å². The van der Waals surface area contributed by atoms with Gasteiger partial charge in [0.15, 0.2) is 0 Å². The third-order valence-electron chi connectivity index (χ3n) is 19.2. The standard InChI is InChI=1S/C90H66N4/c1-3-91-83-17-9-5-16-78(83)80-57-67(41-54-84(80)91)31-29-63-33-43-69(44-34-63)70-45-35-64(36-46-70)30-32-68-42-55-85-81(58-68)82-59-71(48-56-86(82)92(85)4-2)72-47-53-79-77-15-8-12-20-89(77)94(90(79)60-72)74-51-39-66(40-52-74)28-26-62-23-21-61(22-24-62)25-27-65-37-49-73(50-38-65)93-87-18-10-6-13-75(87)76-14-7-11-19-88(76)93/h5-60H,3-4H2,1-2H3/b27-25+,28-26+,31-29+,32-30+. The first-order valence-corrected chi connectivity index (χ1v) is 32.8. The number of nitrogens with zero attached hydrogens (tertiary/aromatic N) is 4. The number of aromatic nitrogens is 4. The minimum Gasteiger partial charge on any atom is -0.341 e. The number of fused-ring (bicyclic) bond motifs is 12. The SMILES string of the molecule is CCn1c2ccccc2c2cc(/C=C/c3ccc(-c4ccc(/C=C/c5ccc6c(c5)c5cc(-c7ccc8c9ccccc9n(-c9ccc(/C=C/c%10ccc(/C=C/c%11ccc(-n%12c%13ccccc%13c%13ccccc%13%12)cc%11)cc%10)cc9)c8c7)ccc5n6CC)cc4)cc3)ccc21. The molecule has 0 amide bonds. The Morgan fingerprint density at radius 2 is 0.468 bits per heavy atom. The average molecular weight is 1200 g/mol. The van der Waals surface area contributed by atoms with Crippen molar-refractivity contribution in [1.82, 2.24) is 18.3 Å². The summed E-state index contributed by atoms with van der Waals surface area (Å²) < 4.78 is 9.63. The lowest BCUT2D eigenvalue weighted by molar-refractivity contribution is 0.827. The molecule has 4 nitrogen and oxygen atoms in total. The van der Waals surface area contributed by atoms with E-state index in [1.807, 2.05) is 0 Å². The lowest BCUT2D eigenvalue weighted by Crippen LogP contribution is -1.94. The maximum absolute atomic E-state index is 2.44. The Bertz CT molecular complexity index is 5820. The molecule has 4 heteroatoms. The molecular weight excluding hydrogens is 1140 g/mol. The van der Waals surface area contributed by atoms with Gasteiger partial charge in [-0.1, -0.05) is 249 Å².